The molecule has 5 nitrogen and oxygen atoms in total. The summed E-state index contributed by atoms with van der Waals surface area (Å²) in [5, 5.41) is 0. The van der Waals surface area contributed by atoms with Crippen LogP contribution in [-0.2, 0) is 11.3 Å². The van der Waals surface area contributed by atoms with Gasteiger partial charge in [0.2, 0.25) is 0 Å². The maximum absolute atomic E-state index is 12.8. The lowest BCUT2D eigenvalue weighted by molar-refractivity contribution is 0.0513. The van der Waals surface area contributed by atoms with Crippen molar-refractivity contribution in [2.75, 3.05) is 6.61 Å². The van der Waals surface area contributed by atoms with Gasteiger partial charge in [-0.2, -0.15) is 8.78 Å². The van der Waals surface area contributed by atoms with E-state index in [2.05, 4.69) is 4.98 Å². The molecule has 0 fully saturated rings. The van der Waals surface area contributed by atoms with E-state index in [1.165, 1.54) is 12.4 Å². The van der Waals surface area contributed by atoms with E-state index in [0.717, 1.165) is 10.1 Å². The summed E-state index contributed by atoms with van der Waals surface area (Å²) in [5.74, 6) is -0.286. The first kappa shape index (κ1) is 14.2. The lowest BCUT2D eigenvalue weighted by atomic mass is 10.3. The molecule has 7 heteroatoms. The summed E-state index contributed by atoms with van der Waals surface area (Å²) in [4.78, 5) is 15.8. The minimum absolute atomic E-state index is 0.0827. The smallest absolute Gasteiger partial charge is 0.355 e. The number of rotatable bonds is 5. The third-order valence-electron chi connectivity index (χ3n) is 2.90. The van der Waals surface area contributed by atoms with Gasteiger partial charge in [-0.3, -0.25) is 4.57 Å². The van der Waals surface area contributed by atoms with Gasteiger partial charge in [0.25, 0.3) is 0 Å². The highest BCUT2D eigenvalue weighted by Crippen LogP contribution is 2.17. The van der Waals surface area contributed by atoms with Crippen molar-refractivity contribution >= 4 is 5.97 Å². The summed E-state index contributed by atoms with van der Waals surface area (Å²) in [6.45, 7) is 1.16. The molecule has 0 aliphatic carbocycles. The van der Waals surface area contributed by atoms with Crippen molar-refractivity contribution in [2.45, 2.75) is 26.9 Å². The van der Waals surface area contributed by atoms with Gasteiger partial charge in [-0.25, -0.2) is 9.78 Å². The SMILES string of the molecule is CCOC(=O)c1c(C)ccn1Cc1nccn1C(F)F. The Morgan fingerprint density at radius 1 is 1.45 bits per heavy atom. The van der Waals surface area contributed by atoms with Crippen LogP contribution in [0.25, 0.3) is 0 Å². The van der Waals surface area contributed by atoms with E-state index in [0.29, 0.717) is 5.69 Å². The molecule has 0 unspecified atom stereocenters. The third-order valence-corrected chi connectivity index (χ3v) is 2.90. The molecule has 0 saturated carbocycles. The number of hydrogen-bond donors (Lipinski definition) is 0. The molecular formula is C13H15F2N3O2. The molecule has 0 amide bonds. The molecule has 2 aromatic rings. The fourth-order valence-electron chi connectivity index (χ4n) is 1.99. The van der Waals surface area contributed by atoms with E-state index in [9.17, 15) is 13.6 Å². The predicted octanol–water partition coefficient (Wildman–Crippen LogP) is 2.61. The molecule has 0 bridgehead atoms. The van der Waals surface area contributed by atoms with E-state index < -0.39 is 12.5 Å². The molecule has 0 spiro atoms. The second-order valence-corrected chi connectivity index (χ2v) is 4.22. The van der Waals surface area contributed by atoms with E-state index in [1.807, 2.05) is 0 Å². The fourth-order valence-corrected chi connectivity index (χ4v) is 1.99. The van der Waals surface area contributed by atoms with Gasteiger partial charge in [-0.05, 0) is 25.5 Å². The molecule has 0 aromatic carbocycles. The predicted molar refractivity (Wildman–Crippen MR) is 67.7 cm³/mol. The zero-order valence-electron chi connectivity index (χ0n) is 11.2. The van der Waals surface area contributed by atoms with Gasteiger partial charge < -0.3 is 9.30 Å². The second-order valence-electron chi connectivity index (χ2n) is 4.22. The Labute approximate surface area is 114 Å². The maximum atomic E-state index is 12.8. The molecule has 2 aromatic heterocycles. The first-order valence-corrected chi connectivity index (χ1v) is 6.17. The average molecular weight is 283 g/mol. The van der Waals surface area contributed by atoms with Crippen LogP contribution in [0.5, 0.6) is 0 Å². The van der Waals surface area contributed by atoms with Gasteiger partial charge in [0.15, 0.2) is 0 Å². The summed E-state index contributed by atoms with van der Waals surface area (Å²) < 4.78 is 32.8. The molecule has 0 aliphatic heterocycles. The van der Waals surface area contributed by atoms with E-state index in [-0.39, 0.29) is 19.0 Å². The third kappa shape index (κ3) is 2.71. The summed E-state index contributed by atoms with van der Waals surface area (Å²) in [5.41, 5.74) is 1.09. The molecule has 20 heavy (non-hydrogen) atoms. The molecule has 0 saturated heterocycles. The average Bonchev–Trinajstić information content (AvgIpc) is 2.97. The first-order valence-electron chi connectivity index (χ1n) is 6.17. The number of aromatic nitrogens is 3. The van der Waals surface area contributed by atoms with Crippen molar-refractivity contribution < 1.29 is 18.3 Å². The Kier molecular flexibility index (Phi) is 4.16. The largest absolute Gasteiger partial charge is 0.461 e. The number of hydrogen-bond acceptors (Lipinski definition) is 3. The van der Waals surface area contributed by atoms with Crippen molar-refractivity contribution in [2.24, 2.45) is 0 Å². The Balaban J connectivity index is 2.30. The van der Waals surface area contributed by atoms with Gasteiger partial charge in [-0.15, -0.1) is 0 Å². The lowest BCUT2D eigenvalue weighted by Crippen LogP contribution is -2.16. The zero-order chi connectivity index (χ0) is 14.7. The molecular weight excluding hydrogens is 268 g/mol. The van der Waals surface area contributed by atoms with Crippen LogP contribution in [0.3, 0.4) is 0 Å². The van der Waals surface area contributed by atoms with Crippen molar-refractivity contribution in [3.63, 3.8) is 0 Å². The number of alkyl halides is 2. The minimum Gasteiger partial charge on any atom is -0.461 e. The van der Waals surface area contributed by atoms with E-state index in [1.54, 1.807) is 30.7 Å². The summed E-state index contributed by atoms with van der Waals surface area (Å²) >= 11 is 0. The molecule has 0 radical (unpaired) electrons. The van der Waals surface area contributed by atoms with E-state index in [4.69, 9.17) is 4.74 Å². The Bertz CT molecular complexity index is 605. The zero-order valence-corrected chi connectivity index (χ0v) is 11.2. The van der Waals surface area contributed by atoms with Gasteiger partial charge >= 0.3 is 12.5 Å². The van der Waals surface area contributed by atoms with Crippen LogP contribution in [0, 0.1) is 6.92 Å². The molecule has 0 atom stereocenters. The van der Waals surface area contributed by atoms with Gasteiger partial charge in [0.1, 0.15) is 11.5 Å². The lowest BCUT2D eigenvalue weighted by Gasteiger charge is -2.11. The number of carbonyl (C=O) groups excluding carboxylic acids is 1. The molecule has 0 aliphatic rings. The van der Waals surface area contributed by atoms with Crippen LogP contribution in [-0.4, -0.2) is 26.7 Å². The second kappa shape index (κ2) is 5.85. The maximum Gasteiger partial charge on any atom is 0.355 e. The molecule has 108 valence electrons. The number of halogens is 2. The summed E-state index contributed by atoms with van der Waals surface area (Å²) in [6.07, 6.45) is 4.17. The highest BCUT2D eigenvalue weighted by atomic mass is 19.3. The van der Waals surface area contributed by atoms with Crippen LogP contribution in [0.2, 0.25) is 0 Å². The van der Waals surface area contributed by atoms with Crippen molar-refractivity contribution in [3.05, 3.63) is 41.7 Å². The number of aryl methyl sites for hydroxylation is 1. The van der Waals surface area contributed by atoms with Crippen molar-refractivity contribution in [3.8, 4) is 0 Å². The number of nitrogens with zero attached hydrogens (tertiary/aromatic N) is 3. The molecule has 2 rings (SSSR count). The monoisotopic (exact) mass is 283 g/mol. The van der Waals surface area contributed by atoms with Crippen LogP contribution >= 0.6 is 0 Å². The van der Waals surface area contributed by atoms with Gasteiger partial charge in [0, 0.05) is 18.6 Å². The summed E-state index contributed by atoms with van der Waals surface area (Å²) in [6, 6.07) is 1.74. The van der Waals surface area contributed by atoms with Crippen molar-refractivity contribution in [1.82, 2.24) is 14.1 Å². The Hall–Kier alpha value is -2.18. The highest BCUT2D eigenvalue weighted by Gasteiger charge is 2.18. The number of imidazole rings is 1. The van der Waals surface area contributed by atoms with Crippen molar-refractivity contribution in [1.29, 1.82) is 0 Å². The quantitative estimate of drug-likeness (QED) is 0.792. The van der Waals surface area contributed by atoms with Gasteiger partial charge in [-0.1, -0.05) is 0 Å². The van der Waals surface area contributed by atoms with Crippen LogP contribution in [0.4, 0.5) is 8.78 Å². The minimum atomic E-state index is -2.66. The van der Waals surface area contributed by atoms with Crippen LogP contribution in [0.15, 0.2) is 24.7 Å². The highest BCUT2D eigenvalue weighted by molar-refractivity contribution is 5.89. The Morgan fingerprint density at radius 2 is 2.20 bits per heavy atom. The van der Waals surface area contributed by atoms with Crippen LogP contribution in [0.1, 0.15) is 35.3 Å². The Morgan fingerprint density at radius 3 is 2.85 bits per heavy atom. The van der Waals surface area contributed by atoms with Crippen LogP contribution < -0.4 is 0 Å². The molecule has 2 heterocycles. The number of carbonyl (C=O) groups is 1. The van der Waals surface area contributed by atoms with Gasteiger partial charge in [0.05, 0.1) is 13.2 Å². The van der Waals surface area contributed by atoms with E-state index >= 15 is 0 Å². The standard InChI is InChI=1S/C13H15F2N3O2/c1-3-20-12(19)11-9(2)4-6-17(11)8-10-16-5-7-18(10)13(14)15/h4-7,13H,3,8H2,1-2H3. The summed E-state index contributed by atoms with van der Waals surface area (Å²) in [7, 11) is 0. The first-order chi connectivity index (χ1) is 9.54. The number of ether oxygens (including phenoxy) is 1. The topological polar surface area (TPSA) is 49.1 Å². The molecule has 0 N–H and O–H groups in total. The normalized spacial score (nSPS) is 11.1. The number of esters is 1. The fraction of sp³-hybridized carbons (Fsp3) is 0.385.